The molecule has 1 radical (unpaired) electrons. The first-order valence-electron chi connectivity index (χ1n) is 10.4. The van der Waals surface area contributed by atoms with Crippen molar-refractivity contribution in [3.05, 3.63) is 71.1 Å². The fourth-order valence-corrected chi connectivity index (χ4v) is 4.29. The highest BCUT2D eigenvalue weighted by molar-refractivity contribution is 6.66. The van der Waals surface area contributed by atoms with E-state index in [2.05, 4.69) is 11.9 Å². The van der Waals surface area contributed by atoms with Crippen molar-refractivity contribution in [3.63, 3.8) is 0 Å². The maximum atomic E-state index is 6.89. The number of benzene rings is 2. The molecule has 0 amide bonds. The largest absolute Gasteiger partial charge is 0.496 e. The average molecular weight is 469 g/mol. The third kappa shape index (κ3) is 3.92. The van der Waals surface area contributed by atoms with Crippen molar-refractivity contribution in [2.24, 2.45) is 0 Å². The fourth-order valence-electron chi connectivity index (χ4n) is 3.64. The minimum atomic E-state index is -0.565. The summed E-state index contributed by atoms with van der Waals surface area (Å²) in [6.07, 6.45) is 0. The van der Waals surface area contributed by atoms with Gasteiger partial charge in [0.2, 0.25) is 5.88 Å². The molecular formula is C25H25BCl2NO3. The van der Waals surface area contributed by atoms with Gasteiger partial charge in [-0.15, -0.1) is 0 Å². The molecule has 0 bridgehead atoms. The zero-order valence-corrected chi connectivity index (χ0v) is 20.3. The van der Waals surface area contributed by atoms with Gasteiger partial charge in [-0.05, 0) is 40.7 Å². The molecule has 4 rings (SSSR count). The molecule has 0 unspecified atom stereocenters. The molecule has 1 aromatic heterocycles. The summed E-state index contributed by atoms with van der Waals surface area (Å²) in [6.45, 7) is 12.0. The Kier molecular flexibility index (Phi) is 6.06. The molecule has 1 aliphatic heterocycles. The van der Waals surface area contributed by atoms with Crippen LogP contribution in [0.15, 0.2) is 48.5 Å². The van der Waals surface area contributed by atoms with Gasteiger partial charge in [0.1, 0.15) is 0 Å². The minimum absolute atomic E-state index is 0.459. The fraction of sp³-hybridized carbons (Fsp3) is 0.280. The van der Waals surface area contributed by atoms with E-state index in [1.54, 1.807) is 7.11 Å². The van der Waals surface area contributed by atoms with Crippen molar-refractivity contribution in [2.45, 2.75) is 38.9 Å². The second-order valence-electron chi connectivity index (χ2n) is 8.83. The second-order valence-corrected chi connectivity index (χ2v) is 9.58. The van der Waals surface area contributed by atoms with Gasteiger partial charge in [0.15, 0.2) is 0 Å². The second kappa shape index (κ2) is 8.38. The van der Waals surface area contributed by atoms with Crippen LogP contribution in [-0.2, 0) is 9.31 Å². The molecule has 0 N–H and O–H groups in total. The molecule has 2 heterocycles. The van der Waals surface area contributed by atoms with Crippen LogP contribution in [0.1, 0.15) is 33.3 Å². The smallest absolute Gasteiger partial charge is 0.481 e. The SMILES string of the molecule is [CH2]c1ccc(-c2cccc(-c3cccc(B4OC(C)(C)C(C)(C)O4)c3Cl)c2Cl)nc1OC. The van der Waals surface area contributed by atoms with Gasteiger partial charge in [-0.25, -0.2) is 4.98 Å². The summed E-state index contributed by atoms with van der Waals surface area (Å²) in [6, 6.07) is 15.3. The van der Waals surface area contributed by atoms with Crippen LogP contribution < -0.4 is 10.2 Å². The van der Waals surface area contributed by atoms with Gasteiger partial charge in [0, 0.05) is 32.7 Å². The zero-order chi connectivity index (χ0) is 23.3. The van der Waals surface area contributed by atoms with Crippen molar-refractivity contribution in [1.82, 2.24) is 4.98 Å². The number of methoxy groups -OCH3 is 1. The Hall–Kier alpha value is -2.05. The third-order valence-electron chi connectivity index (χ3n) is 6.23. The van der Waals surface area contributed by atoms with E-state index in [1.165, 1.54) is 0 Å². The zero-order valence-electron chi connectivity index (χ0n) is 18.8. The van der Waals surface area contributed by atoms with Gasteiger partial charge in [0.25, 0.3) is 0 Å². The van der Waals surface area contributed by atoms with E-state index in [-0.39, 0.29) is 0 Å². The highest BCUT2D eigenvalue weighted by atomic mass is 35.5. The molecule has 165 valence electrons. The molecule has 0 saturated carbocycles. The average Bonchev–Trinajstić information content (AvgIpc) is 2.96. The van der Waals surface area contributed by atoms with Gasteiger partial charge >= 0.3 is 7.12 Å². The Morgan fingerprint density at radius 3 is 2.03 bits per heavy atom. The molecule has 1 aliphatic rings. The predicted molar refractivity (Wildman–Crippen MR) is 132 cm³/mol. The van der Waals surface area contributed by atoms with Gasteiger partial charge in [-0.2, -0.15) is 0 Å². The standard InChI is InChI=1S/C25H25BCl2NO3/c1-15-13-14-20(29-23(15)30-6)18-11-7-9-16(21(18)27)17-10-8-12-19(22(17)28)26-31-24(2,3)25(4,5)32-26/h7-14H,1H2,2-6H3. The number of nitrogens with zero attached hydrogens (tertiary/aromatic N) is 1. The molecule has 7 heteroatoms. The van der Waals surface area contributed by atoms with E-state index in [9.17, 15) is 0 Å². The van der Waals surface area contributed by atoms with Crippen LogP contribution in [0.3, 0.4) is 0 Å². The maximum Gasteiger partial charge on any atom is 0.496 e. The lowest BCUT2D eigenvalue weighted by molar-refractivity contribution is 0.00578. The summed E-state index contributed by atoms with van der Waals surface area (Å²) in [5.74, 6) is 0.463. The molecular weight excluding hydrogens is 444 g/mol. The maximum absolute atomic E-state index is 6.89. The first kappa shape index (κ1) is 23.1. The Morgan fingerprint density at radius 1 is 0.844 bits per heavy atom. The van der Waals surface area contributed by atoms with Crippen LogP contribution in [0.5, 0.6) is 5.88 Å². The summed E-state index contributed by atoms with van der Waals surface area (Å²) >= 11 is 13.8. The lowest BCUT2D eigenvalue weighted by atomic mass is 9.77. The van der Waals surface area contributed by atoms with Crippen LogP contribution >= 0.6 is 23.2 Å². The lowest BCUT2D eigenvalue weighted by Crippen LogP contribution is -2.41. The topological polar surface area (TPSA) is 40.6 Å². The van der Waals surface area contributed by atoms with Gasteiger partial charge in [-0.1, -0.05) is 65.7 Å². The third-order valence-corrected chi connectivity index (χ3v) is 7.06. The van der Waals surface area contributed by atoms with Crippen molar-refractivity contribution in [2.75, 3.05) is 7.11 Å². The number of rotatable bonds is 4. The van der Waals surface area contributed by atoms with Crippen molar-refractivity contribution in [3.8, 4) is 28.3 Å². The highest BCUT2D eigenvalue weighted by Crippen LogP contribution is 2.41. The molecule has 32 heavy (non-hydrogen) atoms. The molecule has 0 aliphatic carbocycles. The van der Waals surface area contributed by atoms with Crippen LogP contribution in [0.2, 0.25) is 10.0 Å². The van der Waals surface area contributed by atoms with Crippen LogP contribution in [-0.4, -0.2) is 30.4 Å². The monoisotopic (exact) mass is 468 g/mol. The normalized spacial score (nSPS) is 16.9. The Labute approximate surface area is 200 Å². The number of ether oxygens (including phenoxy) is 1. The molecule has 0 spiro atoms. The number of hydrogen-bond donors (Lipinski definition) is 0. The number of aromatic nitrogens is 1. The summed E-state index contributed by atoms with van der Waals surface area (Å²) < 4.78 is 17.7. The van der Waals surface area contributed by atoms with Gasteiger partial charge < -0.3 is 14.0 Å². The highest BCUT2D eigenvalue weighted by Gasteiger charge is 2.52. The Bertz CT molecular complexity index is 1160. The van der Waals surface area contributed by atoms with Crippen molar-refractivity contribution >= 4 is 35.8 Å². The summed E-state index contributed by atoms with van der Waals surface area (Å²) in [5.41, 5.74) is 3.63. The Morgan fingerprint density at radius 2 is 1.41 bits per heavy atom. The molecule has 2 aromatic carbocycles. The molecule has 4 nitrogen and oxygen atoms in total. The first-order chi connectivity index (χ1) is 15.1. The van der Waals surface area contributed by atoms with E-state index in [1.807, 2.05) is 76.2 Å². The van der Waals surface area contributed by atoms with Crippen molar-refractivity contribution < 1.29 is 14.0 Å². The quantitative estimate of drug-likeness (QED) is 0.426. The van der Waals surface area contributed by atoms with Crippen molar-refractivity contribution in [1.29, 1.82) is 0 Å². The molecule has 1 saturated heterocycles. The van der Waals surface area contributed by atoms with Crippen LogP contribution in [0.4, 0.5) is 0 Å². The van der Waals surface area contributed by atoms with E-state index >= 15 is 0 Å². The molecule has 3 aromatic rings. The van der Waals surface area contributed by atoms with Crippen LogP contribution in [0.25, 0.3) is 22.4 Å². The van der Waals surface area contributed by atoms with Crippen LogP contribution in [0, 0.1) is 6.92 Å². The number of hydrogen-bond acceptors (Lipinski definition) is 4. The first-order valence-corrected chi connectivity index (χ1v) is 11.1. The van der Waals surface area contributed by atoms with E-state index in [0.29, 0.717) is 27.2 Å². The van der Waals surface area contributed by atoms with E-state index in [4.69, 9.17) is 37.2 Å². The lowest BCUT2D eigenvalue weighted by Gasteiger charge is -2.32. The van der Waals surface area contributed by atoms with E-state index < -0.39 is 18.3 Å². The summed E-state index contributed by atoms with van der Waals surface area (Å²) in [7, 11) is 1.00. The Balaban J connectivity index is 1.78. The molecule has 0 atom stereocenters. The number of halogens is 2. The number of pyridine rings is 1. The summed E-state index contributed by atoms with van der Waals surface area (Å²) in [4.78, 5) is 4.55. The van der Waals surface area contributed by atoms with E-state index in [0.717, 1.165) is 22.2 Å². The van der Waals surface area contributed by atoms with Gasteiger partial charge in [0.05, 0.1) is 29.0 Å². The summed E-state index contributed by atoms with van der Waals surface area (Å²) in [5, 5.41) is 1.09. The predicted octanol–water partition coefficient (Wildman–Crippen LogP) is 6.21. The minimum Gasteiger partial charge on any atom is -0.481 e. The van der Waals surface area contributed by atoms with Gasteiger partial charge in [-0.3, -0.25) is 0 Å². The molecule has 1 fully saturated rings.